The van der Waals surface area contributed by atoms with Gasteiger partial charge in [0.05, 0.1) is 23.0 Å². The van der Waals surface area contributed by atoms with Crippen LogP contribution in [0.4, 0.5) is 18.0 Å². The summed E-state index contributed by atoms with van der Waals surface area (Å²) in [6, 6.07) is 9.56. The summed E-state index contributed by atoms with van der Waals surface area (Å²) in [5.41, 5.74) is 7.20. The molecule has 49 heavy (non-hydrogen) atoms. The molecule has 16 heteroatoms. The Labute approximate surface area is 285 Å². The normalized spacial score (nSPS) is 17.5. The predicted molar refractivity (Wildman–Crippen MR) is 176 cm³/mol. The number of benzene rings is 2. The van der Waals surface area contributed by atoms with Crippen molar-refractivity contribution in [2.45, 2.75) is 64.3 Å². The van der Waals surface area contributed by atoms with E-state index in [4.69, 9.17) is 22.1 Å². The van der Waals surface area contributed by atoms with Crippen molar-refractivity contribution in [3.05, 3.63) is 83.5 Å². The minimum atomic E-state index is -4.63. The van der Waals surface area contributed by atoms with Crippen molar-refractivity contribution in [2.75, 3.05) is 6.61 Å². The summed E-state index contributed by atoms with van der Waals surface area (Å²) in [5, 5.41) is 8.76. The first kappa shape index (κ1) is 35.3. The Morgan fingerprint density at radius 2 is 1.82 bits per heavy atom. The Morgan fingerprint density at radius 1 is 1.12 bits per heavy atom. The van der Waals surface area contributed by atoms with Crippen LogP contribution in [0.15, 0.2) is 72.4 Å². The number of halogens is 4. The average Bonchev–Trinajstić information content (AvgIpc) is 3.51. The number of nitrogens with two attached hydrogens (primary N) is 1. The van der Waals surface area contributed by atoms with Crippen molar-refractivity contribution < 1.29 is 27.5 Å². The van der Waals surface area contributed by atoms with Crippen LogP contribution in [0.25, 0.3) is 22.6 Å². The van der Waals surface area contributed by atoms with E-state index in [0.717, 1.165) is 10.5 Å². The number of nitrogens with one attached hydrogen (secondary N) is 2. The molecule has 3 heterocycles. The number of aliphatic imine (C=N–C) groups is 1. The summed E-state index contributed by atoms with van der Waals surface area (Å²) in [6.45, 7) is 8.21. The molecule has 0 radical (unpaired) electrons. The van der Waals surface area contributed by atoms with Gasteiger partial charge in [0.15, 0.2) is 17.8 Å². The third-order valence-corrected chi connectivity index (χ3v) is 7.76. The van der Waals surface area contributed by atoms with Crippen LogP contribution in [0.2, 0.25) is 5.02 Å². The van der Waals surface area contributed by atoms with Crippen molar-refractivity contribution in [3.8, 4) is 22.6 Å². The predicted octanol–water partition coefficient (Wildman–Crippen LogP) is 6.39. The molecule has 0 bridgehead atoms. The van der Waals surface area contributed by atoms with E-state index in [-0.39, 0.29) is 18.8 Å². The zero-order valence-electron chi connectivity index (χ0n) is 27.1. The number of guanidine groups is 1. The Bertz CT molecular complexity index is 1800. The standard InChI is InChI=1S/C28H23ClF3N9O3.C5H12/c29-19-6-5-17(11-18(19)23-36-14-37-40-23)21(13-44-26(43)39-27(7-8-27)28(30,31)32)41-24(42)22(38-25(41)33)16-3-1-15(2-4-16)20-12-34-9-10-35-20;1-5(2,3)4/h1-6,9-12,14,21-22H,7-8,13H2,(H2,33,38)(H,39,43)(H,36,37,40);1-4H3/t21-,22?;/m1./s1. The van der Waals surface area contributed by atoms with Crippen molar-refractivity contribution in [1.82, 2.24) is 35.4 Å². The van der Waals surface area contributed by atoms with Gasteiger partial charge in [-0.1, -0.05) is 69.6 Å². The molecule has 2 amide bonds. The molecule has 1 fully saturated rings. The minimum Gasteiger partial charge on any atom is -0.447 e. The molecule has 1 saturated carbocycles. The zero-order valence-corrected chi connectivity index (χ0v) is 27.9. The lowest BCUT2D eigenvalue weighted by atomic mass is 10.0. The molecule has 0 spiro atoms. The summed E-state index contributed by atoms with van der Waals surface area (Å²) >= 11 is 6.39. The number of carbonyl (C=O) groups is 2. The molecule has 4 N–H and O–H groups in total. The lowest BCUT2D eigenvalue weighted by molar-refractivity contribution is -0.164. The van der Waals surface area contributed by atoms with E-state index in [1.807, 2.05) is 5.32 Å². The molecular formula is C33H35ClF3N9O3. The fraction of sp³-hybridized carbons (Fsp3) is 0.364. The molecule has 6 rings (SSSR count). The highest BCUT2D eigenvalue weighted by Gasteiger charge is 2.64. The van der Waals surface area contributed by atoms with Crippen LogP contribution in [0.1, 0.15) is 63.7 Å². The molecule has 1 aliphatic heterocycles. The Balaban J connectivity index is 0.000000874. The highest BCUT2D eigenvalue weighted by molar-refractivity contribution is 6.33. The average molecular weight is 698 g/mol. The first-order valence-electron chi connectivity index (χ1n) is 15.3. The lowest BCUT2D eigenvalue weighted by Crippen LogP contribution is -2.49. The van der Waals surface area contributed by atoms with E-state index in [1.54, 1.807) is 61.1 Å². The maximum Gasteiger partial charge on any atom is 0.411 e. The van der Waals surface area contributed by atoms with E-state index in [2.05, 4.69) is 57.8 Å². The molecule has 2 aromatic carbocycles. The molecule has 4 aromatic rings. The van der Waals surface area contributed by atoms with Crippen molar-refractivity contribution in [1.29, 1.82) is 0 Å². The quantitative estimate of drug-likeness (QED) is 0.191. The third-order valence-electron chi connectivity index (χ3n) is 7.43. The maximum atomic E-state index is 13.8. The molecule has 1 unspecified atom stereocenters. The van der Waals surface area contributed by atoms with Crippen molar-refractivity contribution >= 4 is 29.6 Å². The molecular weight excluding hydrogens is 663 g/mol. The second kappa shape index (κ2) is 13.8. The number of carbonyl (C=O) groups excluding carboxylic acids is 2. The number of H-pyrrole nitrogens is 1. The number of aromatic amines is 1. The zero-order chi connectivity index (χ0) is 35.6. The monoisotopic (exact) mass is 697 g/mol. The van der Waals surface area contributed by atoms with Crippen LogP contribution in [0, 0.1) is 5.41 Å². The summed E-state index contributed by atoms with van der Waals surface area (Å²) in [4.78, 5) is 44.3. The van der Waals surface area contributed by atoms with Crippen LogP contribution in [0.3, 0.4) is 0 Å². The number of alkyl halides is 3. The fourth-order valence-corrected chi connectivity index (χ4v) is 5.09. The minimum absolute atomic E-state index is 0.169. The summed E-state index contributed by atoms with van der Waals surface area (Å²) in [5.74, 6) is -0.378. The van der Waals surface area contributed by atoms with Crippen molar-refractivity contribution in [2.24, 2.45) is 16.1 Å². The molecule has 2 atom stereocenters. The summed E-state index contributed by atoms with van der Waals surface area (Å²) < 4.78 is 45.5. The third kappa shape index (κ3) is 8.34. The van der Waals surface area contributed by atoms with Gasteiger partial charge in [-0.2, -0.15) is 18.3 Å². The highest BCUT2D eigenvalue weighted by Crippen LogP contribution is 2.49. The van der Waals surface area contributed by atoms with Gasteiger partial charge in [-0.15, -0.1) is 0 Å². The molecule has 1 aliphatic carbocycles. The lowest BCUT2D eigenvalue weighted by Gasteiger charge is -2.29. The molecule has 2 aliphatic rings. The fourth-order valence-electron chi connectivity index (χ4n) is 4.89. The summed E-state index contributed by atoms with van der Waals surface area (Å²) in [7, 11) is 0. The van der Waals surface area contributed by atoms with E-state index in [1.165, 1.54) is 6.33 Å². The van der Waals surface area contributed by atoms with Crippen LogP contribution >= 0.6 is 11.6 Å². The van der Waals surface area contributed by atoms with Gasteiger partial charge in [0.1, 0.15) is 18.5 Å². The number of nitrogens with zero attached hydrogens (tertiary/aromatic N) is 6. The smallest absolute Gasteiger partial charge is 0.411 e. The van der Waals surface area contributed by atoms with Crippen LogP contribution in [-0.2, 0) is 9.53 Å². The molecule has 2 aromatic heterocycles. The Hall–Kier alpha value is -5.05. The van der Waals surface area contributed by atoms with E-state index in [9.17, 15) is 22.8 Å². The summed E-state index contributed by atoms with van der Waals surface area (Å²) in [6.07, 6.45) is -0.422. The van der Waals surface area contributed by atoms with Crippen molar-refractivity contribution in [3.63, 3.8) is 0 Å². The van der Waals surface area contributed by atoms with Gasteiger partial charge in [0.25, 0.3) is 5.91 Å². The first-order chi connectivity index (χ1) is 23.1. The SMILES string of the molecule is CC(C)(C)C.NC1=NC(c2ccc(-c3cnccn3)cc2)C(=O)N1[C@H](COC(=O)NC1(C(F)(F)F)CC1)c1ccc(Cl)c(-c2ncn[nH]2)c1. The number of aromatic nitrogens is 5. The van der Waals surface area contributed by atoms with E-state index in [0.29, 0.717) is 38.6 Å². The molecule has 12 nitrogen and oxygen atoms in total. The first-order valence-corrected chi connectivity index (χ1v) is 15.6. The molecule has 0 saturated heterocycles. The van der Waals surface area contributed by atoms with Crippen LogP contribution in [-0.4, -0.2) is 66.3 Å². The number of alkyl carbamates (subject to hydrolysis) is 1. The van der Waals surface area contributed by atoms with Gasteiger partial charge >= 0.3 is 12.3 Å². The second-order valence-corrected chi connectivity index (χ2v) is 13.6. The Morgan fingerprint density at radius 3 is 2.39 bits per heavy atom. The number of amides is 2. The van der Waals surface area contributed by atoms with Crippen LogP contribution < -0.4 is 11.1 Å². The van der Waals surface area contributed by atoms with Gasteiger partial charge in [0, 0.05) is 23.5 Å². The topological polar surface area (TPSA) is 164 Å². The largest absolute Gasteiger partial charge is 0.447 e. The second-order valence-electron chi connectivity index (χ2n) is 13.2. The van der Waals surface area contributed by atoms with Gasteiger partial charge in [-0.25, -0.2) is 14.8 Å². The maximum absolute atomic E-state index is 13.8. The van der Waals surface area contributed by atoms with Crippen LogP contribution in [0.5, 0.6) is 0 Å². The van der Waals surface area contributed by atoms with E-state index >= 15 is 0 Å². The van der Waals surface area contributed by atoms with Gasteiger partial charge in [-0.05, 0) is 41.5 Å². The highest BCUT2D eigenvalue weighted by atomic mass is 35.5. The van der Waals surface area contributed by atoms with Gasteiger partial charge < -0.3 is 15.8 Å². The number of rotatable bonds is 8. The Kier molecular flexibility index (Phi) is 9.95. The van der Waals surface area contributed by atoms with E-state index < -0.39 is 42.4 Å². The number of hydrogen-bond donors (Lipinski definition) is 3. The number of hydrogen-bond acceptors (Lipinski definition) is 9. The molecule has 258 valence electrons. The van der Waals surface area contributed by atoms with Gasteiger partial charge in [-0.3, -0.25) is 24.8 Å². The number of ether oxygens (including phenoxy) is 1. The van der Waals surface area contributed by atoms with Gasteiger partial charge in [0.2, 0.25) is 0 Å².